The first-order valence-electron chi connectivity index (χ1n) is 8.55. The lowest BCUT2D eigenvalue weighted by Crippen LogP contribution is -2.29. The van der Waals surface area contributed by atoms with E-state index in [1.807, 2.05) is 6.92 Å². The molecule has 0 saturated carbocycles. The Kier molecular flexibility index (Phi) is 5.84. The molecular weight excluding hydrogens is 383 g/mol. The van der Waals surface area contributed by atoms with E-state index in [0.717, 1.165) is 10.9 Å². The van der Waals surface area contributed by atoms with Gasteiger partial charge in [0.05, 0.1) is 18.1 Å². The van der Waals surface area contributed by atoms with Crippen LogP contribution in [0.25, 0.3) is 10.2 Å². The van der Waals surface area contributed by atoms with Gasteiger partial charge in [0.1, 0.15) is 27.2 Å². The van der Waals surface area contributed by atoms with Gasteiger partial charge in [-0.2, -0.15) is 0 Å². The fraction of sp³-hybridized carbons (Fsp3) is 0.263. The average molecular weight is 402 g/mol. The topological polar surface area (TPSA) is 93.2 Å². The van der Waals surface area contributed by atoms with E-state index in [1.165, 1.54) is 36.6 Å². The number of hydrogen-bond acceptors (Lipinski definition) is 7. The van der Waals surface area contributed by atoms with Gasteiger partial charge in [0, 0.05) is 13.1 Å². The van der Waals surface area contributed by atoms with Crippen molar-refractivity contribution in [1.82, 2.24) is 15.3 Å². The number of rotatable bonds is 6. The third-order valence-corrected chi connectivity index (χ3v) is 5.26. The maximum Gasteiger partial charge on any atom is 0.348 e. The number of thiophene rings is 1. The molecule has 1 aromatic carbocycles. The number of hydrogen-bond donors (Lipinski definition) is 2. The SMILES string of the molecule is COC(=O)c1sc2nc(C)nc(NCCNC(=O)c3ccccc3F)c2c1C. The number of nitrogens with zero attached hydrogens (tertiary/aromatic N) is 2. The summed E-state index contributed by atoms with van der Waals surface area (Å²) in [6.07, 6.45) is 0. The first kappa shape index (κ1) is 19.7. The predicted molar refractivity (Wildman–Crippen MR) is 105 cm³/mol. The van der Waals surface area contributed by atoms with Crippen LogP contribution in [0, 0.1) is 19.7 Å². The number of esters is 1. The third-order valence-electron chi connectivity index (χ3n) is 4.09. The van der Waals surface area contributed by atoms with Gasteiger partial charge in [-0.1, -0.05) is 12.1 Å². The minimum atomic E-state index is -0.565. The molecule has 146 valence electrons. The second-order valence-electron chi connectivity index (χ2n) is 6.01. The molecule has 0 aliphatic heterocycles. The summed E-state index contributed by atoms with van der Waals surface area (Å²) in [5.74, 6) is -0.329. The summed E-state index contributed by atoms with van der Waals surface area (Å²) < 4.78 is 18.5. The highest BCUT2D eigenvalue weighted by Gasteiger charge is 2.20. The van der Waals surface area contributed by atoms with Gasteiger partial charge in [0.2, 0.25) is 0 Å². The van der Waals surface area contributed by atoms with Crippen molar-refractivity contribution < 1.29 is 18.7 Å². The number of benzene rings is 1. The summed E-state index contributed by atoms with van der Waals surface area (Å²) >= 11 is 1.25. The maximum absolute atomic E-state index is 13.6. The average Bonchev–Trinajstić information content (AvgIpc) is 3.01. The zero-order chi connectivity index (χ0) is 20.3. The molecule has 0 fully saturated rings. The van der Waals surface area contributed by atoms with Gasteiger partial charge < -0.3 is 15.4 Å². The van der Waals surface area contributed by atoms with Crippen LogP contribution in [0.3, 0.4) is 0 Å². The van der Waals surface area contributed by atoms with E-state index < -0.39 is 17.7 Å². The van der Waals surface area contributed by atoms with Gasteiger partial charge in [0.15, 0.2) is 0 Å². The minimum Gasteiger partial charge on any atom is -0.465 e. The second-order valence-corrected chi connectivity index (χ2v) is 7.01. The molecule has 2 N–H and O–H groups in total. The van der Waals surface area contributed by atoms with Gasteiger partial charge in [-0.25, -0.2) is 19.2 Å². The van der Waals surface area contributed by atoms with E-state index in [1.54, 1.807) is 13.0 Å². The van der Waals surface area contributed by atoms with Crippen molar-refractivity contribution in [1.29, 1.82) is 0 Å². The number of methoxy groups -OCH3 is 1. The van der Waals surface area contributed by atoms with Gasteiger partial charge in [-0.05, 0) is 31.5 Å². The zero-order valence-electron chi connectivity index (χ0n) is 15.6. The van der Waals surface area contributed by atoms with Crippen LogP contribution in [0.2, 0.25) is 0 Å². The van der Waals surface area contributed by atoms with Crippen LogP contribution >= 0.6 is 11.3 Å². The lowest BCUT2D eigenvalue weighted by Gasteiger charge is -2.10. The maximum atomic E-state index is 13.6. The Hall–Kier alpha value is -3.07. The van der Waals surface area contributed by atoms with Crippen molar-refractivity contribution in [3.05, 3.63) is 51.9 Å². The van der Waals surface area contributed by atoms with E-state index >= 15 is 0 Å². The highest BCUT2D eigenvalue weighted by Crippen LogP contribution is 2.34. The first-order valence-corrected chi connectivity index (χ1v) is 9.36. The van der Waals surface area contributed by atoms with Gasteiger partial charge in [0.25, 0.3) is 5.91 Å². The van der Waals surface area contributed by atoms with Crippen LogP contribution in [-0.2, 0) is 4.74 Å². The molecular formula is C19H19FN4O3S. The van der Waals surface area contributed by atoms with Crippen molar-refractivity contribution in [2.75, 3.05) is 25.5 Å². The van der Waals surface area contributed by atoms with E-state index in [0.29, 0.717) is 27.9 Å². The van der Waals surface area contributed by atoms with Gasteiger partial charge in [-0.15, -0.1) is 11.3 Å². The number of fused-ring (bicyclic) bond motifs is 1. The monoisotopic (exact) mass is 402 g/mol. The standard InChI is InChI=1S/C19H19FN4O3S/c1-10-14-16(23-11(2)24-18(14)28-15(10)19(26)27-3)21-8-9-22-17(25)12-6-4-5-7-13(12)20/h4-7H,8-9H2,1-3H3,(H,22,25)(H,21,23,24). The van der Waals surface area contributed by atoms with Crippen molar-refractivity contribution >= 4 is 39.2 Å². The molecule has 0 aliphatic rings. The molecule has 0 aliphatic carbocycles. The van der Waals surface area contributed by atoms with Crippen LogP contribution in [0.15, 0.2) is 24.3 Å². The summed E-state index contributed by atoms with van der Waals surface area (Å²) in [5.41, 5.74) is 0.740. The lowest BCUT2D eigenvalue weighted by atomic mass is 10.2. The van der Waals surface area contributed by atoms with Crippen molar-refractivity contribution in [3.63, 3.8) is 0 Å². The summed E-state index contributed by atoms with van der Waals surface area (Å²) in [4.78, 5) is 34.0. The van der Waals surface area contributed by atoms with Crippen molar-refractivity contribution in [2.24, 2.45) is 0 Å². The number of aromatic nitrogens is 2. The molecule has 0 radical (unpaired) electrons. The highest BCUT2D eigenvalue weighted by molar-refractivity contribution is 7.20. The Morgan fingerprint density at radius 2 is 1.93 bits per heavy atom. The molecule has 0 spiro atoms. The largest absolute Gasteiger partial charge is 0.465 e. The Bertz CT molecular complexity index is 1050. The number of carbonyl (C=O) groups excluding carboxylic acids is 2. The predicted octanol–water partition coefficient (Wildman–Crippen LogP) is 3.08. The van der Waals surface area contributed by atoms with Crippen molar-refractivity contribution in [2.45, 2.75) is 13.8 Å². The fourth-order valence-corrected chi connectivity index (χ4v) is 3.90. The molecule has 28 heavy (non-hydrogen) atoms. The molecule has 0 atom stereocenters. The van der Waals surface area contributed by atoms with Crippen LogP contribution in [0.4, 0.5) is 10.2 Å². The highest BCUT2D eigenvalue weighted by atomic mass is 32.1. The summed E-state index contributed by atoms with van der Waals surface area (Å²) in [6, 6.07) is 5.81. The lowest BCUT2D eigenvalue weighted by molar-refractivity contribution is 0.0605. The molecule has 0 saturated heterocycles. The van der Waals surface area contributed by atoms with Gasteiger partial charge in [-0.3, -0.25) is 4.79 Å². The van der Waals surface area contributed by atoms with E-state index in [9.17, 15) is 14.0 Å². The third kappa shape index (κ3) is 3.94. The van der Waals surface area contributed by atoms with Crippen LogP contribution in [-0.4, -0.2) is 42.0 Å². The number of carbonyl (C=O) groups is 2. The second kappa shape index (κ2) is 8.30. The number of anilines is 1. The summed E-state index contributed by atoms with van der Waals surface area (Å²) in [6.45, 7) is 4.21. The molecule has 7 nitrogen and oxygen atoms in total. The van der Waals surface area contributed by atoms with Crippen LogP contribution < -0.4 is 10.6 Å². The van der Waals surface area contributed by atoms with Crippen LogP contribution in [0.5, 0.6) is 0 Å². The molecule has 3 aromatic rings. The Balaban J connectivity index is 1.72. The van der Waals surface area contributed by atoms with E-state index in [2.05, 4.69) is 20.6 Å². The van der Waals surface area contributed by atoms with Gasteiger partial charge >= 0.3 is 5.97 Å². The quantitative estimate of drug-likeness (QED) is 0.486. The Morgan fingerprint density at radius 3 is 2.64 bits per heavy atom. The molecule has 2 heterocycles. The summed E-state index contributed by atoms with van der Waals surface area (Å²) in [5, 5.41) is 6.57. The molecule has 0 bridgehead atoms. The number of amides is 1. The normalized spacial score (nSPS) is 10.7. The zero-order valence-corrected chi connectivity index (χ0v) is 16.4. The number of nitrogens with one attached hydrogen (secondary N) is 2. The Morgan fingerprint density at radius 1 is 1.18 bits per heavy atom. The first-order chi connectivity index (χ1) is 13.4. The molecule has 9 heteroatoms. The number of aryl methyl sites for hydroxylation is 2. The van der Waals surface area contributed by atoms with Crippen LogP contribution in [0.1, 0.15) is 31.4 Å². The van der Waals surface area contributed by atoms with Crippen molar-refractivity contribution in [3.8, 4) is 0 Å². The molecule has 2 aromatic heterocycles. The minimum absolute atomic E-state index is 0.000769. The van der Waals surface area contributed by atoms with E-state index in [4.69, 9.17) is 4.74 Å². The molecule has 3 rings (SSSR count). The molecule has 1 amide bonds. The molecule has 0 unspecified atom stereocenters. The van der Waals surface area contributed by atoms with E-state index in [-0.39, 0.29) is 12.1 Å². The number of ether oxygens (including phenoxy) is 1. The summed E-state index contributed by atoms with van der Waals surface area (Å²) in [7, 11) is 1.33. The number of halogens is 1. The smallest absolute Gasteiger partial charge is 0.348 e. The Labute approximate surface area is 165 Å². The fourth-order valence-electron chi connectivity index (χ4n) is 2.76.